The highest BCUT2D eigenvalue weighted by Gasteiger charge is 2.34. The second-order valence-electron chi connectivity index (χ2n) is 40.7. The van der Waals surface area contributed by atoms with E-state index in [2.05, 4.69) is 330 Å². The molecule has 4 heterocycles. The van der Waals surface area contributed by atoms with Crippen LogP contribution in [0.4, 0.5) is 0 Å². The summed E-state index contributed by atoms with van der Waals surface area (Å²) in [7, 11) is 3.34. The zero-order valence-corrected chi connectivity index (χ0v) is 78.9. The molecule has 109 heavy (non-hydrogen) atoms. The van der Waals surface area contributed by atoms with Crippen LogP contribution in [-0.2, 0) is 59.3 Å². The molecule has 4 fully saturated rings. The van der Waals surface area contributed by atoms with Crippen LogP contribution in [0.15, 0.2) is 122 Å². The third kappa shape index (κ3) is 22.9. The van der Waals surface area contributed by atoms with Crippen molar-refractivity contribution in [3.05, 3.63) is 189 Å². The molecule has 0 saturated heterocycles. The van der Waals surface area contributed by atoms with E-state index in [9.17, 15) is 0 Å². The van der Waals surface area contributed by atoms with E-state index in [0.29, 0.717) is 11.8 Å². The van der Waals surface area contributed by atoms with Gasteiger partial charge in [-0.15, -0.1) is 0 Å². The van der Waals surface area contributed by atoms with Crippen LogP contribution in [0.3, 0.4) is 0 Å². The van der Waals surface area contributed by atoms with E-state index in [0.717, 1.165) is 23.7 Å². The first kappa shape index (κ1) is 87.3. The number of aromatic nitrogens is 4. The molecule has 12 rings (SSSR count). The van der Waals surface area contributed by atoms with Gasteiger partial charge in [0.1, 0.15) is 28.2 Å². The van der Waals surface area contributed by atoms with E-state index >= 15 is 0 Å². The summed E-state index contributed by atoms with van der Waals surface area (Å²) in [6.45, 7) is 57.3. The molecule has 8 heteroatoms. The number of benzene rings is 4. The zero-order valence-electron chi connectivity index (χ0n) is 74.9. The summed E-state index contributed by atoms with van der Waals surface area (Å²) in [5, 5.41) is 6.65. The predicted molar refractivity (Wildman–Crippen MR) is 487 cm³/mol. The van der Waals surface area contributed by atoms with Crippen LogP contribution in [0.1, 0.15) is 243 Å². The Morgan fingerprint density at radius 3 is 0.927 bits per heavy atom. The maximum atomic E-state index is 2.56. The topological polar surface area (TPSA) is 15.5 Å². The van der Waals surface area contributed by atoms with Crippen LogP contribution in [0, 0.1) is 58.3 Å². The average molecular weight is 1540 g/mol. The number of aryl methyl sites for hydroxylation is 9. The summed E-state index contributed by atoms with van der Waals surface area (Å²) in [5.74, 6) is 4.85. The van der Waals surface area contributed by atoms with Crippen molar-refractivity contribution in [1.82, 2.24) is 0 Å². The highest BCUT2D eigenvalue weighted by atomic mass is 28.3. The normalized spacial score (nSPS) is 15.7. The summed E-state index contributed by atoms with van der Waals surface area (Å²) in [4.78, 5) is 0. The standard InChI is InChI=1S/C27H42NSi.C26H40NSi.C25H38NSi.C23H34NSi/c1-8-22(9-2)23-15-14-20(3)25(17-23)26-18-27(29(5,6)7)24(19-28(26)4)16-21-12-10-11-13-21;1-19-13-14-22(26(2,3)4)16-23(19)24-17-25(28(6,7)8)21(18-27(24)5)15-20-11-9-10-12-20;1-18(2)21-12-13-23(19(3)14-21)24-16-25(27(5,6)7)22(17-26(24)4)15-20-10-8-9-11-20;1-17-11-12-21(18(2)13-17)22-15-23(25(4,5)6)20(16-24(22)3)14-19-9-7-8-10-19/h14-15,17-19,21-22H,8-13,16H2,1-7H3;13-14,16-18,20H,9-12,15H2,1-8H3;12-14,16-18,20H,8-11,15H2,1-7H3;11-13,15-16,19H,7-10,14H2,1-6H3/q4*+1. The maximum absolute atomic E-state index is 2.56. The predicted octanol–water partition coefficient (Wildman–Crippen LogP) is 23.7. The van der Waals surface area contributed by atoms with Crippen molar-refractivity contribution in [2.75, 3.05) is 0 Å². The van der Waals surface area contributed by atoms with Crippen molar-refractivity contribution in [2.24, 2.45) is 51.9 Å². The smallest absolute Gasteiger partial charge is 0.201 e. The SMILES string of the molecule is CCC(CC)c1ccc(C)c(-c2cc([Si](C)(C)C)c(CC3CCCC3)c[n+]2C)c1.Cc1cc(C(C)C)ccc1-c1cc([Si](C)(C)C)c(CC2CCCC2)c[n+]1C.Cc1ccc(-c2cc([Si](C)(C)C)c(CC3CCCC3)c[n+]2C)c(C)c1.Cc1ccc(C(C)(C)C)cc1-c1cc([Si](C)(C)C)c(CC2CCCC2)c[n+]1C. The van der Waals surface area contributed by atoms with E-state index in [4.69, 9.17) is 0 Å². The Kier molecular flexibility index (Phi) is 29.7. The van der Waals surface area contributed by atoms with Crippen LogP contribution in [-0.4, -0.2) is 32.3 Å². The van der Waals surface area contributed by atoms with Crippen LogP contribution in [0.2, 0.25) is 78.6 Å². The van der Waals surface area contributed by atoms with E-state index in [1.54, 1.807) is 43.0 Å². The van der Waals surface area contributed by atoms with Gasteiger partial charge in [0.15, 0.2) is 24.8 Å². The van der Waals surface area contributed by atoms with Gasteiger partial charge in [0.2, 0.25) is 22.8 Å². The Balaban J connectivity index is 0.000000168. The van der Waals surface area contributed by atoms with Gasteiger partial charge in [0, 0.05) is 68.8 Å². The molecule has 4 aromatic carbocycles. The fraction of sp³-hybridized carbons (Fsp3) is 0.564. The number of rotatable bonds is 20. The molecule has 4 saturated carbocycles. The number of hydrogen-bond acceptors (Lipinski definition) is 0. The van der Waals surface area contributed by atoms with Gasteiger partial charge in [-0.05, 0) is 198 Å². The molecule has 590 valence electrons. The quantitative estimate of drug-likeness (QED) is 0.0534. The van der Waals surface area contributed by atoms with E-state index in [-0.39, 0.29) is 5.41 Å². The highest BCUT2D eigenvalue weighted by molar-refractivity contribution is 6.90. The van der Waals surface area contributed by atoms with Crippen LogP contribution >= 0.6 is 0 Å². The lowest BCUT2D eigenvalue weighted by molar-refractivity contribution is -0.660. The van der Waals surface area contributed by atoms with Gasteiger partial charge in [-0.2, -0.15) is 0 Å². The Hall–Kier alpha value is -5.65. The molecule has 4 aromatic heterocycles. The highest BCUT2D eigenvalue weighted by Crippen LogP contribution is 2.37. The fourth-order valence-electron chi connectivity index (χ4n) is 19.2. The third-order valence-corrected chi connectivity index (χ3v) is 34.1. The van der Waals surface area contributed by atoms with Gasteiger partial charge in [-0.1, -0.05) is 284 Å². The molecule has 0 unspecified atom stereocenters. The van der Waals surface area contributed by atoms with E-state index in [1.807, 2.05) is 0 Å². The summed E-state index contributed by atoms with van der Waals surface area (Å²) >= 11 is 0. The lowest BCUT2D eigenvalue weighted by Gasteiger charge is -2.23. The average Bonchev–Trinajstić information content (AvgIpc) is 1.74. The van der Waals surface area contributed by atoms with Crippen molar-refractivity contribution >= 4 is 53.0 Å². The Labute approximate surface area is 672 Å². The molecule has 0 N–H and O–H groups in total. The Morgan fingerprint density at radius 2 is 0.633 bits per heavy atom. The van der Waals surface area contributed by atoms with Crippen molar-refractivity contribution in [1.29, 1.82) is 0 Å². The molecule has 0 amide bonds. The molecule has 4 aliphatic carbocycles. The molecular weight excluding hydrogens is 1380 g/mol. The van der Waals surface area contributed by atoms with Gasteiger partial charge in [0.25, 0.3) is 0 Å². The second kappa shape index (κ2) is 37.1. The molecule has 0 radical (unpaired) electrons. The minimum absolute atomic E-state index is 0.172. The molecular formula is C101H154N4Si4+4. The van der Waals surface area contributed by atoms with Gasteiger partial charge >= 0.3 is 0 Å². The van der Waals surface area contributed by atoms with Crippen molar-refractivity contribution < 1.29 is 18.3 Å². The number of hydrogen-bond donors (Lipinski definition) is 0. The first-order chi connectivity index (χ1) is 51.1. The Morgan fingerprint density at radius 1 is 0.339 bits per heavy atom. The minimum atomic E-state index is -1.42. The third-order valence-electron chi connectivity index (χ3n) is 25.8. The first-order valence-corrected chi connectivity index (χ1v) is 57.7. The van der Waals surface area contributed by atoms with E-state index < -0.39 is 32.3 Å². The summed E-state index contributed by atoms with van der Waals surface area (Å²) in [5.41, 5.74) is 28.9. The molecule has 0 spiro atoms. The Bertz CT molecular complexity index is 4370. The van der Waals surface area contributed by atoms with Crippen molar-refractivity contribution in [3.63, 3.8) is 0 Å². The second-order valence-corrected chi connectivity index (χ2v) is 60.8. The molecule has 0 atom stereocenters. The van der Waals surface area contributed by atoms with Crippen LogP contribution in [0.5, 0.6) is 0 Å². The monoisotopic (exact) mass is 1540 g/mol. The molecule has 4 aliphatic rings. The maximum Gasteiger partial charge on any atom is 0.212 e. The van der Waals surface area contributed by atoms with Crippen LogP contribution < -0.4 is 39.0 Å². The fourth-order valence-corrected chi connectivity index (χ4v) is 26.0. The molecule has 8 aromatic rings. The molecule has 4 nitrogen and oxygen atoms in total. The van der Waals surface area contributed by atoms with Gasteiger partial charge in [-0.25, -0.2) is 18.3 Å². The number of pyridine rings is 4. The summed E-state index contributed by atoms with van der Waals surface area (Å²) < 4.78 is 9.55. The summed E-state index contributed by atoms with van der Waals surface area (Å²) in [6, 6.07) is 38.2. The van der Waals surface area contributed by atoms with Gasteiger partial charge in [-0.3, -0.25) is 0 Å². The van der Waals surface area contributed by atoms with Crippen molar-refractivity contribution in [3.8, 4) is 45.0 Å². The van der Waals surface area contributed by atoms with Crippen molar-refractivity contribution in [2.45, 2.75) is 320 Å². The van der Waals surface area contributed by atoms with Gasteiger partial charge in [0.05, 0.1) is 32.3 Å². The number of nitrogens with zero attached hydrogens (tertiary/aromatic N) is 4. The largest absolute Gasteiger partial charge is 0.212 e. The first-order valence-electron chi connectivity index (χ1n) is 43.7. The van der Waals surface area contributed by atoms with Gasteiger partial charge < -0.3 is 0 Å². The summed E-state index contributed by atoms with van der Waals surface area (Å²) in [6.07, 6.45) is 40.2. The molecule has 0 aliphatic heterocycles. The minimum Gasteiger partial charge on any atom is -0.201 e. The lowest BCUT2D eigenvalue weighted by Crippen LogP contribution is -2.45. The zero-order chi connectivity index (χ0) is 79.8. The van der Waals surface area contributed by atoms with Crippen LogP contribution in [0.25, 0.3) is 45.0 Å². The molecule has 0 bridgehead atoms. The van der Waals surface area contributed by atoms with E-state index in [1.165, 1.54) is 231 Å². The lowest BCUT2D eigenvalue weighted by atomic mass is 9.84.